The molecule has 0 aromatic carbocycles. The van der Waals surface area contributed by atoms with Gasteiger partial charge < -0.3 is 0 Å². The topological polar surface area (TPSA) is 84.9 Å². The van der Waals surface area contributed by atoms with Crippen LogP contribution in [-0.2, 0) is 10.0 Å². The van der Waals surface area contributed by atoms with Gasteiger partial charge in [-0.25, -0.2) is 13.6 Å². The predicted octanol–water partition coefficient (Wildman–Crippen LogP) is -0.894. The summed E-state index contributed by atoms with van der Waals surface area (Å²) in [4.78, 5) is 0. The molecule has 0 unspecified atom stereocenters. The molecule has 0 amide bonds. The molecule has 2 N–H and O–H groups in total. The standard InChI is InChI=1S/C4H4N3O2S/c5-10(8,9)4-2-1-3-6-7-4/h1-2H,(H2,5,8,9)/q+1. The van der Waals surface area contributed by atoms with Crippen LogP contribution in [0.4, 0.5) is 0 Å². The molecule has 1 heterocycles. The van der Waals surface area contributed by atoms with Crippen molar-refractivity contribution >= 4 is 21.3 Å². The molecule has 6 heteroatoms. The second kappa shape index (κ2) is 2.26. The van der Waals surface area contributed by atoms with Crippen LogP contribution >= 0.6 is 0 Å². The smallest absolute Gasteiger partial charge is 0.222 e. The highest BCUT2D eigenvalue weighted by molar-refractivity contribution is 8.04. The van der Waals surface area contributed by atoms with E-state index in [0.29, 0.717) is 0 Å². The summed E-state index contributed by atoms with van der Waals surface area (Å²) >= 11 is 0. The van der Waals surface area contributed by atoms with E-state index in [1.165, 1.54) is 12.2 Å². The van der Waals surface area contributed by atoms with E-state index in [0.717, 1.165) is 0 Å². The average molecular weight is 158 g/mol. The summed E-state index contributed by atoms with van der Waals surface area (Å²) in [6.45, 7) is 0. The lowest BCUT2D eigenvalue weighted by atomic mass is 10.5. The minimum atomic E-state index is -3.70. The van der Waals surface area contributed by atoms with Crippen molar-refractivity contribution in [3.63, 3.8) is 0 Å². The molecule has 52 valence electrons. The van der Waals surface area contributed by atoms with Gasteiger partial charge in [-0.1, -0.05) is 5.10 Å². The van der Waals surface area contributed by atoms with Crippen LogP contribution in [0.5, 0.6) is 0 Å². The van der Waals surface area contributed by atoms with Gasteiger partial charge in [0.15, 0.2) is 6.08 Å². The summed E-state index contributed by atoms with van der Waals surface area (Å²) in [5.41, 5.74) is 0. The molecule has 1 aliphatic rings. The fourth-order valence-corrected chi connectivity index (χ4v) is 0.817. The first-order valence-electron chi connectivity index (χ1n) is 2.33. The Morgan fingerprint density at radius 3 is 2.60 bits per heavy atom. The Kier molecular flexibility index (Phi) is 1.58. The average Bonchev–Trinajstić information content (AvgIpc) is 1.88. The fraction of sp³-hybridized carbons (Fsp3) is 0. The van der Waals surface area contributed by atoms with Crippen molar-refractivity contribution < 1.29 is 8.42 Å². The summed E-state index contributed by atoms with van der Waals surface area (Å²) < 4.78 is 21.0. The van der Waals surface area contributed by atoms with Crippen molar-refractivity contribution in [2.75, 3.05) is 0 Å². The molecule has 0 aromatic heterocycles. The zero-order valence-corrected chi connectivity index (χ0v) is 5.67. The van der Waals surface area contributed by atoms with Gasteiger partial charge in [0, 0.05) is 5.10 Å². The Balaban J connectivity index is 3.08. The minimum Gasteiger partial charge on any atom is -0.222 e. The largest absolute Gasteiger partial charge is 0.277 e. The van der Waals surface area contributed by atoms with Crippen LogP contribution in [0.3, 0.4) is 0 Å². The first-order valence-corrected chi connectivity index (χ1v) is 3.88. The molecule has 5 nitrogen and oxygen atoms in total. The van der Waals surface area contributed by atoms with Crippen molar-refractivity contribution in [1.29, 1.82) is 0 Å². The molecule has 10 heavy (non-hydrogen) atoms. The van der Waals surface area contributed by atoms with Gasteiger partial charge in [-0.15, -0.1) is 0 Å². The third-order valence-electron chi connectivity index (χ3n) is 0.798. The Bertz CT molecular complexity index is 311. The van der Waals surface area contributed by atoms with Gasteiger partial charge in [-0.3, -0.25) is 0 Å². The van der Waals surface area contributed by atoms with Crippen molar-refractivity contribution in [2.24, 2.45) is 15.3 Å². The van der Waals surface area contributed by atoms with Crippen LogP contribution < -0.4 is 5.14 Å². The van der Waals surface area contributed by atoms with Crippen LogP contribution in [-0.4, -0.2) is 19.7 Å². The van der Waals surface area contributed by atoms with Gasteiger partial charge in [0.2, 0.25) is 6.21 Å². The first kappa shape index (κ1) is 7.01. The van der Waals surface area contributed by atoms with E-state index in [-0.39, 0.29) is 5.04 Å². The quantitative estimate of drug-likeness (QED) is 0.463. The Hall–Kier alpha value is -1.10. The highest BCUT2D eigenvalue weighted by atomic mass is 32.2. The third kappa shape index (κ3) is 1.44. The van der Waals surface area contributed by atoms with Gasteiger partial charge in [-0.2, -0.15) is 0 Å². The molecule has 0 fully saturated rings. The van der Waals surface area contributed by atoms with Gasteiger partial charge in [0.25, 0.3) is 15.1 Å². The number of nitrogens with zero attached hydrogens (tertiary/aromatic N) is 2. The van der Waals surface area contributed by atoms with Gasteiger partial charge in [-0.05, 0) is 0 Å². The predicted molar refractivity (Wildman–Crippen MR) is 37.1 cm³/mol. The SMILES string of the molecule is NS(=O)(=O)C1=NN=[C+]C=C1. The number of primary sulfonamides is 1. The number of rotatable bonds is 0. The second-order valence-corrected chi connectivity index (χ2v) is 3.05. The summed E-state index contributed by atoms with van der Waals surface area (Å²) in [7, 11) is -3.70. The van der Waals surface area contributed by atoms with Crippen LogP contribution in [0.25, 0.3) is 0 Å². The molecule has 1 aliphatic heterocycles. The molecule has 0 saturated carbocycles. The fourth-order valence-electron chi connectivity index (χ4n) is 0.405. The van der Waals surface area contributed by atoms with Gasteiger partial charge in [0.05, 0.1) is 0 Å². The van der Waals surface area contributed by atoms with E-state index in [9.17, 15) is 8.42 Å². The monoisotopic (exact) mass is 158 g/mol. The van der Waals surface area contributed by atoms with Crippen molar-refractivity contribution in [1.82, 2.24) is 0 Å². The van der Waals surface area contributed by atoms with Crippen molar-refractivity contribution in [3.8, 4) is 0 Å². The molecule has 0 bridgehead atoms. The number of allylic oxidation sites excluding steroid dienone is 1. The summed E-state index contributed by atoms with van der Waals surface area (Å²) in [6, 6.07) is 0. The minimum absolute atomic E-state index is 0.244. The zero-order valence-electron chi connectivity index (χ0n) is 4.85. The summed E-state index contributed by atoms with van der Waals surface area (Å²) in [5, 5.41) is 10.9. The van der Waals surface area contributed by atoms with Crippen LogP contribution in [0.2, 0.25) is 0 Å². The Labute approximate surface area is 58.0 Å². The molecule has 0 spiro atoms. The van der Waals surface area contributed by atoms with E-state index in [4.69, 9.17) is 5.14 Å². The zero-order chi connectivity index (χ0) is 7.61. The Morgan fingerprint density at radius 2 is 2.30 bits per heavy atom. The highest BCUT2D eigenvalue weighted by Gasteiger charge is 2.17. The van der Waals surface area contributed by atoms with Crippen LogP contribution in [0, 0.1) is 0 Å². The lowest BCUT2D eigenvalue weighted by molar-refractivity contribution is 0.609. The van der Waals surface area contributed by atoms with Crippen molar-refractivity contribution in [3.05, 3.63) is 12.2 Å². The molecule has 0 saturated heterocycles. The number of sulfonamides is 1. The lowest BCUT2D eigenvalue weighted by Crippen LogP contribution is -2.22. The molecule has 0 aliphatic carbocycles. The summed E-state index contributed by atoms with van der Waals surface area (Å²) in [6.07, 6.45) is 4.87. The third-order valence-corrected chi connectivity index (χ3v) is 1.60. The van der Waals surface area contributed by atoms with E-state index < -0.39 is 10.0 Å². The maximum absolute atomic E-state index is 10.5. The van der Waals surface area contributed by atoms with Gasteiger partial charge >= 0.3 is 0 Å². The molecule has 0 atom stereocenters. The maximum Gasteiger partial charge on any atom is 0.277 e. The van der Waals surface area contributed by atoms with Crippen LogP contribution in [0.1, 0.15) is 0 Å². The molecule has 1 rings (SSSR count). The van der Waals surface area contributed by atoms with E-state index in [1.807, 2.05) is 0 Å². The van der Waals surface area contributed by atoms with E-state index >= 15 is 0 Å². The van der Waals surface area contributed by atoms with Crippen molar-refractivity contribution in [2.45, 2.75) is 0 Å². The van der Waals surface area contributed by atoms with E-state index in [1.54, 1.807) is 0 Å². The lowest BCUT2D eigenvalue weighted by Gasteiger charge is -1.88. The molecular weight excluding hydrogens is 154 g/mol. The molecule has 0 radical (unpaired) electrons. The molecular formula is C4H4N3O2S+. The van der Waals surface area contributed by atoms with E-state index in [2.05, 4.69) is 16.4 Å². The maximum atomic E-state index is 10.5. The molecule has 0 aromatic rings. The number of hydrogen-bond acceptors (Lipinski definition) is 4. The van der Waals surface area contributed by atoms with Gasteiger partial charge in [0.1, 0.15) is 6.08 Å². The first-order chi connectivity index (χ1) is 4.61. The number of nitrogens with two attached hydrogens (primary N) is 1. The Morgan fingerprint density at radius 1 is 1.60 bits per heavy atom. The summed E-state index contributed by atoms with van der Waals surface area (Å²) in [5.74, 6) is 0. The second-order valence-electron chi connectivity index (χ2n) is 1.55. The number of hydrogen-bond donors (Lipinski definition) is 1. The normalized spacial score (nSPS) is 16.3. The van der Waals surface area contributed by atoms with Crippen LogP contribution in [0.15, 0.2) is 22.4 Å². The highest BCUT2D eigenvalue weighted by Crippen LogP contribution is 1.93.